The molecule has 0 saturated heterocycles. The van der Waals surface area contributed by atoms with Crippen molar-refractivity contribution in [1.82, 2.24) is 15.1 Å². The second kappa shape index (κ2) is 6.66. The van der Waals surface area contributed by atoms with Crippen molar-refractivity contribution >= 4 is 0 Å². The minimum Gasteiger partial charge on any atom is -0.372 e. The predicted octanol–water partition coefficient (Wildman–Crippen LogP) is 2.49. The van der Waals surface area contributed by atoms with E-state index in [1.807, 2.05) is 19.1 Å². The van der Waals surface area contributed by atoms with Crippen LogP contribution in [0, 0.1) is 6.92 Å². The van der Waals surface area contributed by atoms with Crippen LogP contribution >= 0.6 is 0 Å². The van der Waals surface area contributed by atoms with Gasteiger partial charge in [-0.2, -0.15) is 18.2 Å². The Morgan fingerprint density at radius 1 is 1.29 bits per heavy atom. The fourth-order valence-corrected chi connectivity index (χ4v) is 1.59. The quantitative estimate of drug-likeness (QED) is 0.767. The predicted molar refractivity (Wildman–Crippen MR) is 66.7 cm³/mol. The standard InChI is InChI=1S/C13H14F3N3O2/c1-9-2-3-10(7-17-9)6-12-18-11(19-21-12)4-5-20-8-13(14,15)16/h2-3,7H,4-6,8H2,1H3. The normalized spacial score (nSPS) is 11.8. The average Bonchev–Trinajstić information content (AvgIpc) is 2.84. The van der Waals surface area contributed by atoms with Crippen molar-refractivity contribution in [3.63, 3.8) is 0 Å². The number of pyridine rings is 1. The Balaban J connectivity index is 1.80. The Labute approximate surface area is 119 Å². The van der Waals surface area contributed by atoms with Crippen LogP contribution < -0.4 is 0 Å². The molecule has 21 heavy (non-hydrogen) atoms. The zero-order valence-corrected chi connectivity index (χ0v) is 11.4. The number of hydrogen-bond acceptors (Lipinski definition) is 5. The van der Waals surface area contributed by atoms with Crippen LogP contribution in [-0.4, -0.2) is 34.5 Å². The van der Waals surface area contributed by atoms with E-state index >= 15 is 0 Å². The van der Waals surface area contributed by atoms with Gasteiger partial charge in [0, 0.05) is 18.3 Å². The molecule has 0 aliphatic carbocycles. The van der Waals surface area contributed by atoms with Crippen molar-refractivity contribution < 1.29 is 22.4 Å². The van der Waals surface area contributed by atoms with Crippen LogP contribution in [0.15, 0.2) is 22.9 Å². The molecule has 2 heterocycles. The van der Waals surface area contributed by atoms with Gasteiger partial charge in [0.2, 0.25) is 5.89 Å². The molecule has 0 unspecified atom stereocenters. The molecule has 0 aliphatic rings. The van der Waals surface area contributed by atoms with Crippen LogP contribution in [0.2, 0.25) is 0 Å². The summed E-state index contributed by atoms with van der Waals surface area (Å²) in [6.45, 7) is 0.507. The molecule has 8 heteroatoms. The van der Waals surface area contributed by atoms with Gasteiger partial charge in [-0.05, 0) is 18.6 Å². The van der Waals surface area contributed by atoms with E-state index in [1.54, 1.807) is 6.20 Å². The Morgan fingerprint density at radius 2 is 2.10 bits per heavy atom. The molecule has 2 aromatic rings. The topological polar surface area (TPSA) is 61.0 Å². The molecule has 0 amide bonds. The first-order valence-electron chi connectivity index (χ1n) is 6.30. The van der Waals surface area contributed by atoms with E-state index in [2.05, 4.69) is 19.9 Å². The number of ether oxygens (including phenoxy) is 1. The number of halogens is 3. The molecular weight excluding hydrogens is 287 g/mol. The van der Waals surface area contributed by atoms with Gasteiger partial charge in [0.05, 0.1) is 13.0 Å². The van der Waals surface area contributed by atoms with Crippen molar-refractivity contribution in [2.45, 2.75) is 25.9 Å². The number of aromatic nitrogens is 3. The fourth-order valence-electron chi connectivity index (χ4n) is 1.59. The van der Waals surface area contributed by atoms with Crippen LogP contribution in [0.1, 0.15) is 23.0 Å². The second-order valence-corrected chi connectivity index (χ2v) is 4.51. The minimum atomic E-state index is -4.32. The molecular formula is C13H14F3N3O2. The summed E-state index contributed by atoms with van der Waals surface area (Å²) in [6.07, 6.45) is -2.00. The van der Waals surface area contributed by atoms with Crippen molar-refractivity contribution in [2.75, 3.05) is 13.2 Å². The van der Waals surface area contributed by atoms with Crippen LogP contribution in [-0.2, 0) is 17.6 Å². The molecule has 0 N–H and O–H groups in total. The van der Waals surface area contributed by atoms with Crippen molar-refractivity contribution in [3.8, 4) is 0 Å². The highest BCUT2D eigenvalue weighted by Crippen LogP contribution is 2.14. The van der Waals surface area contributed by atoms with E-state index in [0.29, 0.717) is 18.1 Å². The average molecular weight is 301 g/mol. The molecule has 0 aliphatic heterocycles. The first kappa shape index (κ1) is 15.4. The summed E-state index contributed by atoms with van der Waals surface area (Å²) < 4.78 is 45.1. The number of alkyl halides is 3. The van der Waals surface area contributed by atoms with Crippen molar-refractivity contribution in [2.24, 2.45) is 0 Å². The molecule has 0 atom stereocenters. The Hall–Kier alpha value is -1.96. The smallest absolute Gasteiger partial charge is 0.372 e. The third-order valence-electron chi connectivity index (χ3n) is 2.57. The summed E-state index contributed by atoms with van der Waals surface area (Å²) in [7, 11) is 0. The van der Waals surface area contributed by atoms with E-state index in [1.165, 1.54) is 0 Å². The van der Waals surface area contributed by atoms with Crippen LogP contribution in [0.4, 0.5) is 13.2 Å². The molecule has 114 valence electrons. The molecule has 0 radical (unpaired) electrons. The number of nitrogens with zero attached hydrogens (tertiary/aromatic N) is 3. The molecule has 2 aromatic heterocycles. The van der Waals surface area contributed by atoms with E-state index in [9.17, 15) is 13.2 Å². The monoisotopic (exact) mass is 301 g/mol. The third-order valence-corrected chi connectivity index (χ3v) is 2.57. The zero-order valence-electron chi connectivity index (χ0n) is 11.4. The Morgan fingerprint density at radius 3 is 2.76 bits per heavy atom. The largest absolute Gasteiger partial charge is 0.411 e. The fraction of sp³-hybridized carbons (Fsp3) is 0.462. The molecule has 0 fully saturated rings. The summed E-state index contributed by atoms with van der Waals surface area (Å²) in [5.41, 5.74) is 1.83. The van der Waals surface area contributed by atoms with E-state index in [0.717, 1.165) is 11.3 Å². The first-order valence-corrected chi connectivity index (χ1v) is 6.30. The molecule has 5 nitrogen and oxygen atoms in total. The summed E-state index contributed by atoms with van der Waals surface area (Å²) in [5.74, 6) is 0.721. The minimum absolute atomic E-state index is 0.107. The summed E-state index contributed by atoms with van der Waals surface area (Å²) in [6, 6.07) is 3.77. The second-order valence-electron chi connectivity index (χ2n) is 4.51. The van der Waals surface area contributed by atoms with Gasteiger partial charge in [0.15, 0.2) is 5.82 Å². The van der Waals surface area contributed by atoms with Crippen LogP contribution in [0.5, 0.6) is 0 Å². The zero-order chi connectivity index (χ0) is 15.3. The molecule has 0 saturated carbocycles. The summed E-state index contributed by atoms with van der Waals surface area (Å²) >= 11 is 0. The van der Waals surface area contributed by atoms with Crippen molar-refractivity contribution in [3.05, 3.63) is 41.3 Å². The van der Waals surface area contributed by atoms with Gasteiger partial charge in [0.1, 0.15) is 6.61 Å². The van der Waals surface area contributed by atoms with Gasteiger partial charge in [-0.15, -0.1) is 0 Å². The molecule has 2 rings (SSSR count). The maximum Gasteiger partial charge on any atom is 0.411 e. The maximum atomic E-state index is 11.9. The van der Waals surface area contributed by atoms with Crippen molar-refractivity contribution in [1.29, 1.82) is 0 Å². The lowest BCUT2D eigenvalue weighted by Gasteiger charge is -2.05. The van der Waals surface area contributed by atoms with E-state index in [-0.39, 0.29) is 13.0 Å². The van der Waals surface area contributed by atoms with Gasteiger partial charge in [-0.25, -0.2) is 0 Å². The lowest BCUT2D eigenvalue weighted by molar-refractivity contribution is -0.173. The third kappa shape index (κ3) is 5.50. The summed E-state index contributed by atoms with van der Waals surface area (Å²) in [5, 5.41) is 3.70. The van der Waals surface area contributed by atoms with Gasteiger partial charge < -0.3 is 9.26 Å². The lowest BCUT2D eigenvalue weighted by atomic mass is 10.2. The van der Waals surface area contributed by atoms with Crippen LogP contribution in [0.3, 0.4) is 0 Å². The van der Waals surface area contributed by atoms with Gasteiger partial charge in [-0.3, -0.25) is 4.98 Å². The molecule has 0 bridgehead atoms. The van der Waals surface area contributed by atoms with E-state index < -0.39 is 12.8 Å². The summed E-state index contributed by atoms with van der Waals surface area (Å²) in [4.78, 5) is 8.24. The number of hydrogen-bond donors (Lipinski definition) is 0. The molecule has 0 aromatic carbocycles. The number of rotatable bonds is 6. The first-order chi connectivity index (χ1) is 9.92. The lowest BCUT2D eigenvalue weighted by Crippen LogP contribution is -2.18. The highest BCUT2D eigenvalue weighted by molar-refractivity contribution is 5.16. The van der Waals surface area contributed by atoms with Gasteiger partial charge in [0.25, 0.3) is 0 Å². The SMILES string of the molecule is Cc1ccc(Cc2nc(CCOCC(F)(F)F)no2)cn1. The Kier molecular flexibility index (Phi) is 4.89. The highest BCUT2D eigenvalue weighted by atomic mass is 19.4. The van der Waals surface area contributed by atoms with E-state index in [4.69, 9.17) is 4.52 Å². The van der Waals surface area contributed by atoms with Crippen LogP contribution in [0.25, 0.3) is 0 Å². The Bertz CT molecular complexity index is 567. The molecule has 0 spiro atoms. The van der Waals surface area contributed by atoms with Gasteiger partial charge >= 0.3 is 6.18 Å². The number of aryl methyl sites for hydroxylation is 1. The maximum absolute atomic E-state index is 11.9. The van der Waals surface area contributed by atoms with Gasteiger partial charge in [-0.1, -0.05) is 11.2 Å². The highest BCUT2D eigenvalue weighted by Gasteiger charge is 2.27.